The molecule has 2 aromatic heterocycles. The molecule has 2 aromatic rings. The molecule has 0 amide bonds. The Morgan fingerprint density at radius 2 is 2.22 bits per heavy atom. The summed E-state index contributed by atoms with van der Waals surface area (Å²) in [5, 5.41) is 1.31. The van der Waals surface area contributed by atoms with Gasteiger partial charge in [-0.2, -0.15) is 0 Å². The van der Waals surface area contributed by atoms with Crippen molar-refractivity contribution in [2.24, 2.45) is 5.73 Å². The lowest BCUT2D eigenvalue weighted by Gasteiger charge is -2.05. The van der Waals surface area contributed by atoms with Crippen LogP contribution in [0.5, 0.6) is 0 Å². The minimum absolute atomic E-state index is 0.0338. The number of nitrogens with one attached hydrogen (secondary N) is 1. The van der Waals surface area contributed by atoms with Gasteiger partial charge in [0.25, 0.3) is 5.56 Å². The number of pyridine rings is 1. The van der Waals surface area contributed by atoms with Crippen molar-refractivity contribution in [3.63, 3.8) is 0 Å². The average molecular weight is 262 g/mol. The van der Waals surface area contributed by atoms with Crippen LogP contribution in [0, 0.1) is 6.92 Å². The van der Waals surface area contributed by atoms with Crippen LogP contribution in [-0.4, -0.2) is 15.0 Å². The van der Waals surface area contributed by atoms with Crippen LogP contribution >= 0.6 is 11.8 Å². The smallest absolute Gasteiger partial charge is 0.251 e. The van der Waals surface area contributed by atoms with E-state index in [0.717, 1.165) is 10.6 Å². The van der Waals surface area contributed by atoms with Gasteiger partial charge in [0.05, 0.1) is 0 Å². The van der Waals surface area contributed by atoms with Crippen LogP contribution in [0.15, 0.2) is 39.4 Å². The summed E-state index contributed by atoms with van der Waals surface area (Å²) < 4.78 is 0. The van der Waals surface area contributed by atoms with Crippen molar-refractivity contribution < 1.29 is 0 Å². The first-order valence-electron chi connectivity index (χ1n) is 5.52. The topological polar surface area (TPSA) is 84.7 Å². The van der Waals surface area contributed by atoms with E-state index in [1.807, 2.05) is 19.1 Å². The van der Waals surface area contributed by atoms with Gasteiger partial charge in [-0.05, 0) is 37.2 Å². The van der Waals surface area contributed by atoms with E-state index in [4.69, 9.17) is 5.73 Å². The number of nitrogens with two attached hydrogens (primary N) is 1. The molecule has 1 atom stereocenters. The summed E-state index contributed by atoms with van der Waals surface area (Å²) >= 11 is 1.32. The van der Waals surface area contributed by atoms with Crippen molar-refractivity contribution in [2.45, 2.75) is 30.1 Å². The van der Waals surface area contributed by atoms with Gasteiger partial charge in [-0.3, -0.25) is 4.79 Å². The van der Waals surface area contributed by atoms with Gasteiger partial charge in [-0.25, -0.2) is 9.97 Å². The molecule has 5 nitrogen and oxygen atoms in total. The summed E-state index contributed by atoms with van der Waals surface area (Å²) in [6.45, 7) is 3.69. The summed E-state index contributed by atoms with van der Waals surface area (Å²) in [7, 11) is 0. The first kappa shape index (κ1) is 12.8. The monoisotopic (exact) mass is 262 g/mol. The Balaban J connectivity index is 2.20. The molecule has 3 N–H and O–H groups in total. The molecule has 0 aliphatic carbocycles. The van der Waals surface area contributed by atoms with Crippen molar-refractivity contribution in [3.8, 4) is 0 Å². The molecule has 0 radical (unpaired) electrons. The predicted octanol–water partition coefficient (Wildman–Crippen LogP) is 1.64. The highest BCUT2D eigenvalue weighted by Gasteiger charge is 2.04. The second-order valence-electron chi connectivity index (χ2n) is 4.01. The van der Waals surface area contributed by atoms with E-state index in [9.17, 15) is 4.79 Å². The van der Waals surface area contributed by atoms with Crippen molar-refractivity contribution in [1.82, 2.24) is 15.0 Å². The zero-order valence-electron chi connectivity index (χ0n) is 10.2. The third-order valence-corrected chi connectivity index (χ3v) is 3.17. The number of hydrogen-bond donors (Lipinski definition) is 2. The SMILES string of the molecule is Cc1cc(=O)[nH]c(Sc2ccc(C(C)N)cn2)n1. The van der Waals surface area contributed by atoms with Gasteiger partial charge >= 0.3 is 0 Å². The molecule has 0 aliphatic heterocycles. The molecular weight excluding hydrogens is 248 g/mol. The average Bonchev–Trinajstić information content (AvgIpc) is 2.28. The lowest BCUT2D eigenvalue weighted by Crippen LogP contribution is -2.08. The highest BCUT2D eigenvalue weighted by atomic mass is 32.2. The van der Waals surface area contributed by atoms with E-state index in [-0.39, 0.29) is 11.6 Å². The van der Waals surface area contributed by atoms with Crippen LogP contribution in [0.4, 0.5) is 0 Å². The summed E-state index contributed by atoms with van der Waals surface area (Å²) in [5.41, 5.74) is 7.26. The largest absolute Gasteiger partial charge is 0.324 e. The molecule has 94 valence electrons. The lowest BCUT2D eigenvalue weighted by atomic mass is 10.2. The van der Waals surface area contributed by atoms with Crippen molar-refractivity contribution >= 4 is 11.8 Å². The van der Waals surface area contributed by atoms with Gasteiger partial charge in [0.2, 0.25) is 0 Å². The number of rotatable bonds is 3. The minimum atomic E-state index is -0.155. The molecule has 6 heteroatoms. The molecule has 0 bridgehead atoms. The fourth-order valence-corrected chi connectivity index (χ4v) is 2.20. The number of aryl methyl sites for hydroxylation is 1. The van der Waals surface area contributed by atoms with Crippen LogP contribution in [-0.2, 0) is 0 Å². The van der Waals surface area contributed by atoms with E-state index < -0.39 is 0 Å². The third kappa shape index (κ3) is 3.18. The van der Waals surface area contributed by atoms with Crippen molar-refractivity contribution in [2.75, 3.05) is 0 Å². The highest BCUT2D eigenvalue weighted by molar-refractivity contribution is 7.99. The lowest BCUT2D eigenvalue weighted by molar-refractivity contribution is 0.805. The summed E-state index contributed by atoms with van der Waals surface area (Å²) in [6.07, 6.45) is 1.74. The maximum absolute atomic E-state index is 11.3. The zero-order chi connectivity index (χ0) is 13.1. The number of hydrogen-bond acceptors (Lipinski definition) is 5. The van der Waals surface area contributed by atoms with E-state index in [2.05, 4.69) is 15.0 Å². The Morgan fingerprint density at radius 1 is 1.44 bits per heavy atom. The normalized spacial score (nSPS) is 12.4. The zero-order valence-corrected chi connectivity index (χ0v) is 11.0. The third-order valence-electron chi connectivity index (χ3n) is 2.33. The molecule has 18 heavy (non-hydrogen) atoms. The maximum atomic E-state index is 11.3. The number of aromatic nitrogens is 3. The molecule has 0 saturated carbocycles. The highest BCUT2D eigenvalue weighted by Crippen LogP contribution is 2.22. The number of aromatic amines is 1. The molecule has 0 aromatic carbocycles. The standard InChI is InChI=1S/C12H14N4OS/c1-7-5-10(17)16-12(15-7)18-11-4-3-9(6-14-11)8(2)13/h3-6,8H,13H2,1-2H3,(H,15,16,17). The second kappa shape index (κ2) is 5.32. The fourth-order valence-electron chi connectivity index (χ4n) is 1.42. The minimum Gasteiger partial charge on any atom is -0.324 e. The van der Waals surface area contributed by atoms with Gasteiger partial charge in [-0.1, -0.05) is 6.07 Å². The summed E-state index contributed by atoms with van der Waals surface area (Å²) in [5.74, 6) is 0. The Hall–Kier alpha value is -1.66. The Bertz CT molecular complexity index is 592. The summed E-state index contributed by atoms with van der Waals surface area (Å²) in [6, 6.07) is 5.21. The molecule has 0 fully saturated rings. The Kier molecular flexibility index (Phi) is 3.78. The van der Waals surface area contributed by atoms with Gasteiger partial charge in [0, 0.05) is 24.0 Å². The first-order chi connectivity index (χ1) is 8.54. The number of nitrogens with zero attached hydrogens (tertiary/aromatic N) is 2. The molecular formula is C12H14N4OS. The van der Waals surface area contributed by atoms with Crippen LogP contribution in [0.2, 0.25) is 0 Å². The predicted molar refractivity (Wildman–Crippen MR) is 70.6 cm³/mol. The maximum Gasteiger partial charge on any atom is 0.251 e. The Morgan fingerprint density at radius 3 is 2.78 bits per heavy atom. The van der Waals surface area contributed by atoms with E-state index in [1.54, 1.807) is 13.1 Å². The van der Waals surface area contributed by atoms with Crippen LogP contribution in [0.3, 0.4) is 0 Å². The second-order valence-corrected chi connectivity index (χ2v) is 5.02. The van der Waals surface area contributed by atoms with Gasteiger partial charge in [0.1, 0.15) is 5.03 Å². The number of H-pyrrole nitrogens is 1. The quantitative estimate of drug-likeness (QED) is 0.821. The molecule has 2 rings (SSSR count). The summed E-state index contributed by atoms with van der Waals surface area (Å²) in [4.78, 5) is 22.5. The van der Waals surface area contributed by atoms with Crippen molar-refractivity contribution in [1.29, 1.82) is 0 Å². The first-order valence-corrected chi connectivity index (χ1v) is 6.33. The van der Waals surface area contributed by atoms with Gasteiger partial charge in [-0.15, -0.1) is 0 Å². The van der Waals surface area contributed by atoms with Crippen molar-refractivity contribution in [3.05, 3.63) is 46.0 Å². The molecule has 0 spiro atoms. The molecule has 1 unspecified atom stereocenters. The van der Waals surface area contributed by atoms with E-state index in [1.165, 1.54) is 17.8 Å². The Labute approximate surface area is 109 Å². The van der Waals surface area contributed by atoms with Crippen LogP contribution < -0.4 is 11.3 Å². The van der Waals surface area contributed by atoms with Crippen LogP contribution in [0.25, 0.3) is 0 Å². The van der Waals surface area contributed by atoms with E-state index in [0.29, 0.717) is 10.9 Å². The van der Waals surface area contributed by atoms with Gasteiger partial charge in [0.15, 0.2) is 5.16 Å². The van der Waals surface area contributed by atoms with Gasteiger partial charge < -0.3 is 10.7 Å². The molecule has 2 heterocycles. The van der Waals surface area contributed by atoms with E-state index >= 15 is 0 Å². The molecule has 0 aliphatic rings. The fraction of sp³-hybridized carbons (Fsp3) is 0.250. The van der Waals surface area contributed by atoms with Crippen LogP contribution in [0.1, 0.15) is 24.2 Å². The molecule has 0 saturated heterocycles.